The maximum Gasteiger partial charge on any atom is 0.338 e. The minimum Gasteiger partial charge on any atom is -0.480 e. The number of methoxy groups -OCH3 is 1. The van der Waals surface area contributed by atoms with Crippen LogP contribution in [0.1, 0.15) is 53.1 Å². The van der Waals surface area contributed by atoms with Gasteiger partial charge in [0.2, 0.25) is 17.6 Å². The second-order valence-corrected chi connectivity index (χ2v) is 11.4. The molecule has 1 N–H and O–H groups in total. The van der Waals surface area contributed by atoms with Crippen LogP contribution in [0, 0.1) is 0 Å². The summed E-state index contributed by atoms with van der Waals surface area (Å²) in [6.07, 6.45) is -3.26. The lowest BCUT2D eigenvalue weighted by molar-refractivity contribution is -0.119. The van der Waals surface area contributed by atoms with Gasteiger partial charge in [-0.05, 0) is 74.4 Å². The summed E-state index contributed by atoms with van der Waals surface area (Å²) in [4.78, 5) is 51.9. The van der Waals surface area contributed by atoms with Crippen molar-refractivity contribution in [3.8, 4) is 17.0 Å². The smallest absolute Gasteiger partial charge is 0.338 e. The van der Waals surface area contributed by atoms with Crippen molar-refractivity contribution < 1.29 is 32.6 Å². The molecule has 0 saturated heterocycles. The SMILES string of the molecule is COc1nn([C@@H](Cc2ccccc2)C(=O)Nc2ccc(C(=O)OC(C)(C)C)cc2)c(=O)cc1-c1cc(Cl)ccc1C(=O)C(F)F. The van der Waals surface area contributed by atoms with Crippen molar-refractivity contribution in [2.24, 2.45) is 0 Å². The molecule has 0 fully saturated rings. The number of carbonyl (C=O) groups is 3. The molecule has 0 spiro atoms. The Morgan fingerprint density at radius 1 is 0.956 bits per heavy atom. The van der Waals surface area contributed by atoms with Crippen molar-refractivity contribution in [2.75, 3.05) is 12.4 Å². The number of anilines is 1. The van der Waals surface area contributed by atoms with E-state index in [1.165, 1.54) is 43.5 Å². The first-order valence-electron chi connectivity index (χ1n) is 13.8. The van der Waals surface area contributed by atoms with Crippen molar-refractivity contribution in [2.45, 2.75) is 45.3 Å². The monoisotopic (exact) mass is 637 g/mol. The summed E-state index contributed by atoms with van der Waals surface area (Å²) in [5.41, 5.74) is -0.605. The van der Waals surface area contributed by atoms with Crippen LogP contribution in [0.4, 0.5) is 14.5 Å². The van der Waals surface area contributed by atoms with Gasteiger partial charge in [0, 0.05) is 28.8 Å². The third-order valence-corrected chi connectivity index (χ3v) is 6.74. The van der Waals surface area contributed by atoms with Gasteiger partial charge in [-0.15, -0.1) is 5.10 Å². The number of nitrogens with one attached hydrogen (secondary N) is 1. The Kier molecular flexibility index (Phi) is 10.1. The maximum absolute atomic E-state index is 13.7. The molecule has 4 rings (SSSR count). The number of halogens is 3. The summed E-state index contributed by atoms with van der Waals surface area (Å²) in [5, 5.41) is 7.17. The lowest BCUT2D eigenvalue weighted by atomic mass is 9.98. The van der Waals surface area contributed by atoms with Crippen LogP contribution in [-0.2, 0) is 16.0 Å². The number of hydrogen-bond acceptors (Lipinski definition) is 7. The highest BCUT2D eigenvalue weighted by Gasteiger charge is 2.28. The fourth-order valence-corrected chi connectivity index (χ4v) is 4.64. The van der Waals surface area contributed by atoms with Gasteiger partial charge in [0.05, 0.1) is 18.2 Å². The molecule has 4 aromatic rings. The number of ether oxygens (including phenoxy) is 2. The average Bonchev–Trinajstić information content (AvgIpc) is 2.99. The van der Waals surface area contributed by atoms with Crippen LogP contribution >= 0.6 is 11.6 Å². The molecule has 0 unspecified atom stereocenters. The molecule has 1 amide bonds. The number of Topliss-reactive ketones (excluding diaryl/α,β-unsaturated/α-hetero) is 1. The summed E-state index contributed by atoms with van der Waals surface area (Å²) in [7, 11) is 1.25. The van der Waals surface area contributed by atoms with Crippen molar-refractivity contribution in [1.29, 1.82) is 0 Å². The Hall–Kier alpha value is -4.90. The molecule has 45 heavy (non-hydrogen) atoms. The fraction of sp³-hybridized carbons (Fsp3) is 0.242. The van der Waals surface area contributed by atoms with E-state index in [0.29, 0.717) is 11.3 Å². The molecule has 0 aliphatic rings. The number of esters is 1. The molecule has 0 aliphatic carbocycles. The maximum atomic E-state index is 13.7. The van der Waals surface area contributed by atoms with Gasteiger partial charge >= 0.3 is 12.4 Å². The number of benzene rings is 3. The zero-order chi connectivity index (χ0) is 32.9. The summed E-state index contributed by atoms with van der Waals surface area (Å²) in [6.45, 7) is 5.25. The molecule has 0 aliphatic heterocycles. The Labute approximate surface area is 262 Å². The van der Waals surface area contributed by atoms with E-state index in [-0.39, 0.29) is 39.6 Å². The Bertz CT molecular complexity index is 1770. The van der Waals surface area contributed by atoms with E-state index in [4.69, 9.17) is 21.1 Å². The van der Waals surface area contributed by atoms with Gasteiger partial charge in [0.1, 0.15) is 11.6 Å². The lowest BCUT2D eigenvalue weighted by Gasteiger charge is -2.21. The zero-order valence-electron chi connectivity index (χ0n) is 24.8. The largest absolute Gasteiger partial charge is 0.480 e. The molecule has 1 aromatic heterocycles. The van der Waals surface area contributed by atoms with Crippen LogP contribution in [0.15, 0.2) is 83.7 Å². The van der Waals surface area contributed by atoms with Crippen LogP contribution in [0.5, 0.6) is 5.88 Å². The Morgan fingerprint density at radius 3 is 2.22 bits per heavy atom. The molecule has 0 radical (unpaired) electrons. The molecule has 9 nitrogen and oxygen atoms in total. The van der Waals surface area contributed by atoms with E-state index in [1.807, 2.05) is 0 Å². The van der Waals surface area contributed by atoms with Crippen LogP contribution < -0.4 is 15.6 Å². The molecule has 12 heteroatoms. The molecule has 234 valence electrons. The zero-order valence-corrected chi connectivity index (χ0v) is 25.6. The highest BCUT2D eigenvalue weighted by atomic mass is 35.5. The summed E-state index contributed by atoms with van der Waals surface area (Å²) in [5.74, 6) is -2.80. The highest BCUT2D eigenvalue weighted by molar-refractivity contribution is 6.31. The van der Waals surface area contributed by atoms with E-state index in [1.54, 1.807) is 51.1 Å². The molecular formula is C33H30ClF2N3O6. The number of rotatable bonds is 10. The molecule has 3 aromatic carbocycles. The third-order valence-electron chi connectivity index (χ3n) is 6.51. The quantitative estimate of drug-likeness (QED) is 0.158. The van der Waals surface area contributed by atoms with Crippen molar-refractivity contribution in [3.05, 3.63) is 111 Å². The number of ketones is 1. The van der Waals surface area contributed by atoms with Gasteiger partial charge in [0.15, 0.2) is 0 Å². The minimum absolute atomic E-state index is 0.0460. The van der Waals surface area contributed by atoms with E-state index in [0.717, 1.165) is 16.8 Å². The van der Waals surface area contributed by atoms with Crippen molar-refractivity contribution in [1.82, 2.24) is 9.78 Å². The number of amides is 1. The number of nitrogens with zero attached hydrogens (tertiary/aromatic N) is 2. The Balaban J connectivity index is 1.74. The van der Waals surface area contributed by atoms with E-state index >= 15 is 0 Å². The van der Waals surface area contributed by atoms with E-state index in [9.17, 15) is 28.0 Å². The third kappa shape index (κ3) is 8.18. The van der Waals surface area contributed by atoms with Gasteiger partial charge in [-0.25, -0.2) is 18.3 Å². The first-order chi connectivity index (χ1) is 21.3. The normalized spacial score (nSPS) is 12.0. The van der Waals surface area contributed by atoms with Crippen LogP contribution in [0.3, 0.4) is 0 Å². The topological polar surface area (TPSA) is 117 Å². The molecule has 1 atom stereocenters. The predicted octanol–water partition coefficient (Wildman–Crippen LogP) is 6.40. The first kappa shape index (κ1) is 33.0. The van der Waals surface area contributed by atoms with Crippen LogP contribution in [0.2, 0.25) is 5.02 Å². The summed E-state index contributed by atoms with van der Waals surface area (Å²) in [6, 6.07) is 18.5. The number of hydrogen-bond donors (Lipinski definition) is 1. The number of carbonyl (C=O) groups excluding carboxylic acids is 3. The van der Waals surface area contributed by atoms with E-state index in [2.05, 4.69) is 10.4 Å². The van der Waals surface area contributed by atoms with Gasteiger partial charge in [-0.2, -0.15) is 0 Å². The molecule has 1 heterocycles. The van der Waals surface area contributed by atoms with Crippen LogP contribution in [-0.4, -0.2) is 46.6 Å². The molecule has 0 bridgehead atoms. The number of alkyl halides is 2. The average molecular weight is 638 g/mol. The van der Waals surface area contributed by atoms with Gasteiger partial charge < -0.3 is 14.8 Å². The second kappa shape index (κ2) is 13.8. The fourth-order valence-electron chi connectivity index (χ4n) is 4.47. The van der Waals surface area contributed by atoms with Crippen molar-refractivity contribution in [3.63, 3.8) is 0 Å². The van der Waals surface area contributed by atoms with Gasteiger partial charge in [-0.3, -0.25) is 14.4 Å². The highest BCUT2D eigenvalue weighted by Crippen LogP contribution is 2.33. The predicted molar refractivity (Wildman–Crippen MR) is 165 cm³/mol. The van der Waals surface area contributed by atoms with Crippen molar-refractivity contribution >= 4 is 34.9 Å². The molecular weight excluding hydrogens is 608 g/mol. The second-order valence-electron chi connectivity index (χ2n) is 11.0. The summed E-state index contributed by atoms with van der Waals surface area (Å²) >= 11 is 6.11. The summed E-state index contributed by atoms with van der Waals surface area (Å²) < 4.78 is 38.5. The van der Waals surface area contributed by atoms with E-state index < -0.39 is 41.3 Å². The van der Waals surface area contributed by atoms with Crippen LogP contribution in [0.25, 0.3) is 11.1 Å². The van der Waals surface area contributed by atoms with Gasteiger partial charge in [-0.1, -0.05) is 41.9 Å². The number of aromatic nitrogens is 2. The van der Waals surface area contributed by atoms with Gasteiger partial charge in [0.25, 0.3) is 5.56 Å². The minimum atomic E-state index is -3.30. The Morgan fingerprint density at radius 2 is 1.62 bits per heavy atom. The lowest BCUT2D eigenvalue weighted by Crippen LogP contribution is -2.36. The molecule has 0 saturated carbocycles. The first-order valence-corrected chi connectivity index (χ1v) is 14.1. The standard InChI is InChI=1S/C33H30ClF2N3O6/c1-33(2,3)45-32(43)20-10-13-22(14-11-20)37-30(42)26(16-19-8-6-5-7-9-19)39-27(40)18-25(31(38-39)44-4)24-17-21(34)12-15-23(24)28(41)29(35)36/h5-15,17-18,26,29H,16H2,1-4H3,(H,37,42)/t26-/m0/s1.